The smallest absolute Gasteiger partial charge is 0.340 e. The van der Waals surface area contributed by atoms with Crippen LogP contribution >= 0.6 is 0 Å². The molecule has 2 heterocycles. The summed E-state index contributed by atoms with van der Waals surface area (Å²) in [6.07, 6.45) is 3.11. The normalized spacial score (nSPS) is 18.7. The highest BCUT2D eigenvalue weighted by molar-refractivity contribution is 7.89. The molecule has 33 heavy (non-hydrogen) atoms. The minimum Gasteiger partial charge on any atom is -0.452 e. The number of nitrogens with one attached hydrogen (secondary N) is 1. The number of carbonyl (C=O) groups is 2. The lowest BCUT2D eigenvalue weighted by Crippen LogP contribution is -2.40. The van der Waals surface area contributed by atoms with E-state index < -0.39 is 22.6 Å². The Kier molecular flexibility index (Phi) is 8.72. The highest BCUT2D eigenvalue weighted by Gasteiger charge is 2.29. The van der Waals surface area contributed by atoms with Crippen molar-refractivity contribution in [2.24, 2.45) is 5.92 Å². The lowest BCUT2D eigenvalue weighted by molar-refractivity contribution is -0.125. The van der Waals surface area contributed by atoms with Gasteiger partial charge in [0.15, 0.2) is 6.61 Å². The van der Waals surface area contributed by atoms with Crippen molar-refractivity contribution in [1.82, 2.24) is 9.62 Å². The third kappa shape index (κ3) is 6.45. The van der Waals surface area contributed by atoms with E-state index in [2.05, 4.69) is 10.2 Å². The summed E-state index contributed by atoms with van der Waals surface area (Å²) in [5.41, 5.74) is 0.799. The third-order valence-corrected chi connectivity index (χ3v) is 8.11. The summed E-state index contributed by atoms with van der Waals surface area (Å²) in [5.74, 6) is -0.847. The maximum Gasteiger partial charge on any atom is 0.340 e. The van der Waals surface area contributed by atoms with Crippen molar-refractivity contribution < 1.29 is 27.5 Å². The number of carbonyl (C=O) groups excluding carboxylic acids is 2. The highest BCUT2D eigenvalue weighted by Crippen LogP contribution is 2.29. The minimum absolute atomic E-state index is 0.0370. The van der Waals surface area contributed by atoms with Gasteiger partial charge in [-0.1, -0.05) is 13.8 Å². The van der Waals surface area contributed by atoms with Crippen molar-refractivity contribution in [3.05, 3.63) is 23.8 Å². The van der Waals surface area contributed by atoms with E-state index in [9.17, 15) is 18.0 Å². The number of rotatable bonds is 8. The van der Waals surface area contributed by atoms with Gasteiger partial charge in [-0.25, -0.2) is 13.2 Å². The zero-order valence-corrected chi connectivity index (χ0v) is 20.5. The number of piperidine rings is 1. The van der Waals surface area contributed by atoms with Gasteiger partial charge in [0.2, 0.25) is 10.0 Å². The largest absolute Gasteiger partial charge is 0.452 e. The second-order valence-corrected chi connectivity index (χ2v) is 10.9. The molecule has 0 radical (unpaired) electrons. The van der Waals surface area contributed by atoms with Crippen LogP contribution in [0.5, 0.6) is 0 Å². The van der Waals surface area contributed by atoms with Gasteiger partial charge in [0.1, 0.15) is 0 Å². The van der Waals surface area contributed by atoms with Gasteiger partial charge in [0, 0.05) is 32.2 Å². The average Bonchev–Trinajstić information content (AvgIpc) is 2.83. The molecular weight excluding hydrogens is 446 g/mol. The van der Waals surface area contributed by atoms with E-state index >= 15 is 0 Å². The molecule has 2 aliphatic rings. The summed E-state index contributed by atoms with van der Waals surface area (Å²) in [7, 11) is -3.77. The van der Waals surface area contributed by atoms with Crippen LogP contribution in [-0.4, -0.2) is 76.6 Å². The first-order chi connectivity index (χ1) is 15.7. The van der Waals surface area contributed by atoms with Gasteiger partial charge in [-0.2, -0.15) is 4.31 Å². The van der Waals surface area contributed by atoms with Crippen molar-refractivity contribution in [3.63, 3.8) is 0 Å². The monoisotopic (exact) mass is 481 g/mol. The molecule has 2 fully saturated rings. The van der Waals surface area contributed by atoms with E-state index in [1.54, 1.807) is 12.1 Å². The SMILES string of the molecule is CC(C)C(C)NC(=O)COC(=O)c1cc(S(=O)(=O)N2CCOCC2)ccc1N1CCCCC1. The molecule has 9 nitrogen and oxygen atoms in total. The van der Waals surface area contributed by atoms with Crippen LogP contribution in [0.2, 0.25) is 0 Å². The maximum absolute atomic E-state index is 13.1. The lowest BCUT2D eigenvalue weighted by Gasteiger charge is -2.31. The number of morpholine rings is 1. The molecule has 0 saturated carbocycles. The molecule has 0 aromatic heterocycles. The number of hydrogen-bond donors (Lipinski definition) is 1. The van der Waals surface area contributed by atoms with E-state index in [0.717, 1.165) is 32.4 Å². The molecule has 1 N–H and O–H groups in total. The van der Waals surface area contributed by atoms with Gasteiger partial charge in [-0.3, -0.25) is 4.79 Å². The number of hydrogen-bond acceptors (Lipinski definition) is 7. The number of esters is 1. The highest BCUT2D eigenvalue weighted by atomic mass is 32.2. The summed E-state index contributed by atoms with van der Waals surface area (Å²) in [6.45, 7) is 8.21. The second kappa shape index (κ2) is 11.3. The first-order valence-corrected chi connectivity index (χ1v) is 13.1. The molecule has 0 bridgehead atoms. The molecule has 0 aliphatic carbocycles. The Hall–Kier alpha value is -2.17. The fourth-order valence-electron chi connectivity index (χ4n) is 3.86. The number of sulfonamides is 1. The van der Waals surface area contributed by atoms with Crippen molar-refractivity contribution in [1.29, 1.82) is 0 Å². The van der Waals surface area contributed by atoms with Crippen LogP contribution in [0.15, 0.2) is 23.1 Å². The van der Waals surface area contributed by atoms with Gasteiger partial charge in [-0.05, 0) is 50.3 Å². The molecule has 1 amide bonds. The summed E-state index contributed by atoms with van der Waals surface area (Å²) >= 11 is 0. The second-order valence-electron chi connectivity index (χ2n) is 8.92. The quantitative estimate of drug-likeness (QED) is 0.566. The molecule has 2 aliphatic heterocycles. The van der Waals surface area contributed by atoms with Crippen molar-refractivity contribution in [2.45, 2.75) is 51.0 Å². The maximum atomic E-state index is 13.1. The van der Waals surface area contributed by atoms with Crippen LogP contribution in [0, 0.1) is 5.92 Å². The van der Waals surface area contributed by atoms with Crippen molar-refractivity contribution in [3.8, 4) is 0 Å². The molecular formula is C23H35N3O6S. The van der Waals surface area contributed by atoms with E-state index in [0.29, 0.717) is 18.9 Å². The van der Waals surface area contributed by atoms with Gasteiger partial charge in [-0.15, -0.1) is 0 Å². The number of nitrogens with zero attached hydrogens (tertiary/aromatic N) is 2. The van der Waals surface area contributed by atoms with Crippen molar-refractivity contribution in [2.75, 3.05) is 50.9 Å². The number of anilines is 1. The predicted molar refractivity (Wildman–Crippen MR) is 125 cm³/mol. The average molecular weight is 482 g/mol. The Bertz CT molecular complexity index is 938. The Labute approximate surface area is 196 Å². The lowest BCUT2D eigenvalue weighted by atomic mass is 10.1. The number of benzene rings is 1. The fourth-order valence-corrected chi connectivity index (χ4v) is 5.29. The zero-order chi connectivity index (χ0) is 24.0. The number of amides is 1. The van der Waals surface area contributed by atoms with Crippen LogP contribution in [0.1, 0.15) is 50.4 Å². The Morgan fingerprint density at radius 3 is 2.36 bits per heavy atom. The van der Waals surface area contributed by atoms with Gasteiger partial charge < -0.3 is 19.7 Å². The standard InChI is InChI=1S/C23H35N3O6S/c1-17(2)18(3)24-22(27)16-32-23(28)20-15-19(33(29,30)26-11-13-31-14-12-26)7-8-21(20)25-9-5-4-6-10-25/h7-8,15,17-18H,4-6,9-14,16H2,1-3H3,(H,24,27). The molecule has 2 saturated heterocycles. The third-order valence-electron chi connectivity index (χ3n) is 6.22. The van der Waals surface area contributed by atoms with Crippen LogP contribution in [0.25, 0.3) is 0 Å². The Balaban J connectivity index is 1.83. The molecule has 1 unspecified atom stereocenters. The first kappa shape index (κ1) is 25.5. The topological polar surface area (TPSA) is 105 Å². The van der Waals surface area contributed by atoms with E-state index in [4.69, 9.17) is 9.47 Å². The fraction of sp³-hybridized carbons (Fsp3) is 0.652. The summed E-state index contributed by atoms with van der Waals surface area (Å²) in [6, 6.07) is 4.55. The molecule has 184 valence electrons. The van der Waals surface area contributed by atoms with E-state index in [1.165, 1.54) is 10.4 Å². The minimum atomic E-state index is -3.77. The van der Waals surface area contributed by atoms with E-state index in [-0.39, 0.29) is 41.4 Å². The zero-order valence-electron chi connectivity index (χ0n) is 19.7. The van der Waals surface area contributed by atoms with Gasteiger partial charge in [0.05, 0.1) is 29.4 Å². The van der Waals surface area contributed by atoms with E-state index in [1.807, 2.05) is 20.8 Å². The van der Waals surface area contributed by atoms with Crippen LogP contribution in [0.4, 0.5) is 5.69 Å². The Morgan fingerprint density at radius 1 is 1.06 bits per heavy atom. The predicted octanol–water partition coefficient (Wildman–Crippen LogP) is 2.02. The molecule has 10 heteroatoms. The van der Waals surface area contributed by atoms with Crippen molar-refractivity contribution >= 4 is 27.6 Å². The Morgan fingerprint density at radius 2 is 1.73 bits per heavy atom. The summed E-state index contributed by atoms with van der Waals surface area (Å²) in [5, 5.41) is 2.80. The first-order valence-electron chi connectivity index (χ1n) is 11.6. The molecule has 3 rings (SSSR count). The van der Waals surface area contributed by atoms with Crippen LogP contribution < -0.4 is 10.2 Å². The molecule has 1 aromatic carbocycles. The molecule has 0 spiro atoms. The van der Waals surface area contributed by atoms with Crippen LogP contribution in [-0.2, 0) is 24.3 Å². The summed E-state index contributed by atoms with van der Waals surface area (Å²) in [4.78, 5) is 27.3. The number of ether oxygens (including phenoxy) is 2. The van der Waals surface area contributed by atoms with Gasteiger partial charge in [0.25, 0.3) is 5.91 Å². The van der Waals surface area contributed by atoms with Crippen LogP contribution in [0.3, 0.4) is 0 Å². The molecule has 1 atom stereocenters. The summed E-state index contributed by atoms with van der Waals surface area (Å²) < 4.78 is 38.2. The van der Waals surface area contributed by atoms with Gasteiger partial charge >= 0.3 is 5.97 Å². The molecule has 1 aromatic rings.